The molecule has 0 spiro atoms. The molecule has 0 radical (unpaired) electrons. The molecule has 188 valence electrons. The number of aromatic amines is 1. The number of alkyl halides is 6. The van der Waals surface area contributed by atoms with E-state index in [0.717, 1.165) is 12.1 Å². The number of benzene rings is 2. The van der Waals surface area contributed by atoms with Gasteiger partial charge in [0.15, 0.2) is 5.82 Å². The number of nitrogens with zero attached hydrogens (tertiary/aromatic N) is 3. The van der Waals surface area contributed by atoms with E-state index < -0.39 is 23.5 Å². The number of anilines is 1. The molecule has 0 unspecified atom stereocenters. The Morgan fingerprint density at radius 3 is 2.11 bits per heavy atom. The van der Waals surface area contributed by atoms with E-state index in [2.05, 4.69) is 15.2 Å². The first-order valence-corrected chi connectivity index (χ1v) is 10.6. The quantitative estimate of drug-likeness (QED) is 0.482. The number of carbonyl (C=O) groups is 1. The van der Waals surface area contributed by atoms with Crippen molar-refractivity contribution < 1.29 is 36.2 Å². The fraction of sp³-hybridized carbons (Fsp3) is 0.348. The minimum atomic E-state index is -5.96. The Hall–Kier alpha value is -3.41. The highest BCUT2D eigenvalue weighted by Gasteiger charge is 2.71. The Labute approximate surface area is 196 Å². The predicted molar refractivity (Wildman–Crippen MR) is 115 cm³/mol. The molecule has 0 bridgehead atoms. The van der Waals surface area contributed by atoms with Crippen LogP contribution >= 0.6 is 0 Å². The number of aliphatic hydroxyl groups is 1. The van der Waals surface area contributed by atoms with Gasteiger partial charge in [-0.05, 0) is 36.2 Å². The van der Waals surface area contributed by atoms with Gasteiger partial charge in [-0.2, -0.15) is 31.4 Å². The second-order valence-corrected chi connectivity index (χ2v) is 7.65. The van der Waals surface area contributed by atoms with Gasteiger partial charge in [-0.1, -0.05) is 38.1 Å². The standard InChI is InChI=1S/C21H16F6N4O2.C2H6/c1-11-28-18(30-29-11)13-4-7-16-14(8-13)9-17(32)31(16)10-12-2-5-15(6-3-12)19(33,20(22,23)24)21(25,26)27;1-2/h2-8,33H,9-10H2,1H3,(H,28,29,30);1-2H3. The van der Waals surface area contributed by atoms with Gasteiger partial charge in [0, 0.05) is 16.8 Å². The van der Waals surface area contributed by atoms with Crippen molar-refractivity contribution in [1.82, 2.24) is 15.2 Å². The summed E-state index contributed by atoms with van der Waals surface area (Å²) >= 11 is 0. The topological polar surface area (TPSA) is 82.1 Å². The molecule has 0 saturated carbocycles. The first-order chi connectivity index (χ1) is 16.3. The van der Waals surface area contributed by atoms with E-state index in [1.54, 1.807) is 25.1 Å². The Balaban J connectivity index is 0.00000167. The van der Waals surface area contributed by atoms with E-state index in [1.165, 1.54) is 4.90 Å². The zero-order valence-electron chi connectivity index (χ0n) is 18.9. The number of amides is 1. The average molecular weight is 500 g/mol. The third kappa shape index (κ3) is 4.75. The summed E-state index contributed by atoms with van der Waals surface area (Å²) in [7, 11) is 0. The number of hydrogen-bond donors (Lipinski definition) is 2. The summed E-state index contributed by atoms with van der Waals surface area (Å²) in [6.07, 6.45) is -11.8. The molecular weight excluding hydrogens is 478 g/mol. The van der Waals surface area contributed by atoms with E-state index >= 15 is 0 Å². The van der Waals surface area contributed by atoms with E-state index in [9.17, 15) is 36.2 Å². The highest BCUT2D eigenvalue weighted by Crippen LogP contribution is 2.50. The van der Waals surface area contributed by atoms with Gasteiger partial charge in [0.1, 0.15) is 5.82 Å². The lowest BCUT2D eigenvalue weighted by Crippen LogP contribution is -2.53. The van der Waals surface area contributed by atoms with Gasteiger partial charge in [0.05, 0.1) is 13.0 Å². The summed E-state index contributed by atoms with van der Waals surface area (Å²) in [5.74, 6) is 0.799. The molecule has 35 heavy (non-hydrogen) atoms. The molecule has 0 atom stereocenters. The van der Waals surface area contributed by atoms with Crippen LogP contribution in [0.3, 0.4) is 0 Å². The number of fused-ring (bicyclic) bond motifs is 1. The molecule has 6 nitrogen and oxygen atoms in total. The van der Waals surface area contributed by atoms with Crippen molar-refractivity contribution in [3.8, 4) is 11.4 Å². The van der Waals surface area contributed by atoms with Crippen molar-refractivity contribution in [2.45, 2.75) is 51.7 Å². The minimum Gasteiger partial charge on any atom is -0.369 e. The maximum Gasteiger partial charge on any atom is 0.430 e. The molecule has 0 fully saturated rings. The Morgan fingerprint density at radius 2 is 1.60 bits per heavy atom. The molecule has 2 aromatic carbocycles. The number of nitrogens with one attached hydrogen (secondary N) is 1. The van der Waals surface area contributed by atoms with Crippen molar-refractivity contribution >= 4 is 11.6 Å². The zero-order chi connectivity index (χ0) is 26.2. The zero-order valence-corrected chi connectivity index (χ0v) is 18.9. The van der Waals surface area contributed by atoms with Crippen LogP contribution < -0.4 is 4.90 Å². The van der Waals surface area contributed by atoms with Crippen LogP contribution in [-0.2, 0) is 23.4 Å². The molecule has 1 aliphatic rings. The third-order valence-corrected chi connectivity index (χ3v) is 5.40. The van der Waals surface area contributed by atoms with Crippen molar-refractivity contribution in [3.63, 3.8) is 0 Å². The van der Waals surface area contributed by atoms with Gasteiger partial charge in [-0.25, -0.2) is 4.98 Å². The van der Waals surface area contributed by atoms with Gasteiger partial charge in [-0.15, -0.1) is 0 Å². The summed E-state index contributed by atoms with van der Waals surface area (Å²) in [4.78, 5) is 18.1. The molecule has 0 aliphatic carbocycles. The Kier molecular flexibility index (Phi) is 6.98. The molecule has 0 saturated heterocycles. The van der Waals surface area contributed by atoms with Crippen LogP contribution in [-0.4, -0.2) is 38.5 Å². The van der Waals surface area contributed by atoms with E-state index in [-0.39, 0.29) is 18.9 Å². The van der Waals surface area contributed by atoms with Crippen molar-refractivity contribution in [2.75, 3.05) is 4.90 Å². The number of aryl methyl sites for hydroxylation is 1. The molecule has 12 heteroatoms. The SMILES string of the molecule is CC.Cc1nc(-c2ccc3c(c2)CC(=O)N3Cc2ccc(C(O)(C(F)(F)F)C(F)(F)F)cc2)n[nH]1. The van der Waals surface area contributed by atoms with Crippen molar-refractivity contribution in [1.29, 1.82) is 0 Å². The highest BCUT2D eigenvalue weighted by atomic mass is 19.4. The summed E-state index contributed by atoms with van der Waals surface area (Å²) < 4.78 is 78.3. The number of hydrogen-bond acceptors (Lipinski definition) is 4. The summed E-state index contributed by atoms with van der Waals surface area (Å²) in [5, 5.41) is 16.3. The maximum absolute atomic E-state index is 13.1. The largest absolute Gasteiger partial charge is 0.430 e. The van der Waals surface area contributed by atoms with Crippen LogP contribution in [0.4, 0.5) is 32.0 Å². The molecule has 4 rings (SSSR count). The third-order valence-electron chi connectivity index (χ3n) is 5.40. The molecule has 2 heterocycles. The van der Waals surface area contributed by atoms with Gasteiger partial charge in [0.25, 0.3) is 5.60 Å². The molecule has 1 aliphatic heterocycles. The van der Waals surface area contributed by atoms with Crippen LogP contribution in [0.25, 0.3) is 11.4 Å². The van der Waals surface area contributed by atoms with Gasteiger partial charge in [0.2, 0.25) is 5.91 Å². The minimum absolute atomic E-state index is 0.0678. The number of halogens is 6. The second-order valence-electron chi connectivity index (χ2n) is 7.65. The van der Waals surface area contributed by atoms with Crippen molar-refractivity contribution in [3.05, 3.63) is 65.0 Å². The first kappa shape index (κ1) is 26.2. The fourth-order valence-corrected chi connectivity index (χ4v) is 3.69. The number of H-pyrrole nitrogens is 1. The first-order valence-electron chi connectivity index (χ1n) is 10.6. The lowest BCUT2D eigenvalue weighted by atomic mass is 9.91. The molecule has 1 amide bonds. The van der Waals surface area contributed by atoms with Gasteiger partial charge < -0.3 is 10.0 Å². The van der Waals surface area contributed by atoms with Crippen molar-refractivity contribution in [2.24, 2.45) is 0 Å². The van der Waals surface area contributed by atoms with Crippen LogP contribution in [0.5, 0.6) is 0 Å². The summed E-state index contributed by atoms with van der Waals surface area (Å²) in [6, 6.07) is 8.32. The van der Waals surface area contributed by atoms with E-state index in [1.807, 2.05) is 13.8 Å². The van der Waals surface area contributed by atoms with Gasteiger partial charge in [-0.3, -0.25) is 9.89 Å². The Bertz CT molecular complexity index is 1190. The lowest BCUT2D eigenvalue weighted by molar-refractivity contribution is -0.376. The monoisotopic (exact) mass is 500 g/mol. The molecular formula is C23H22F6N4O2. The normalized spacial score (nSPS) is 14.0. The number of rotatable bonds is 4. The van der Waals surface area contributed by atoms with Crippen LogP contribution in [0.1, 0.15) is 36.4 Å². The Morgan fingerprint density at radius 1 is 1.00 bits per heavy atom. The fourth-order valence-electron chi connectivity index (χ4n) is 3.69. The number of aromatic nitrogens is 3. The van der Waals surface area contributed by atoms with Gasteiger partial charge >= 0.3 is 12.4 Å². The van der Waals surface area contributed by atoms with Crippen LogP contribution in [0.2, 0.25) is 0 Å². The van der Waals surface area contributed by atoms with E-state index in [0.29, 0.717) is 46.2 Å². The maximum atomic E-state index is 13.1. The molecule has 3 aromatic rings. The van der Waals surface area contributed by atoms with E-state index in [4.69, 9.17) is 0 Å². The average Bonchev–Trinajstić information content (AvgIpc) is 3.36. The molecule has 2 N–H and O–H groups in total. The van der Waals surface area contributed by atoms with Crippen LogP contribution in [0, 0.1) is 6.92 Å². The highest BCUT2D eigenvalue weighted by molar-refractivity contribution is 6.01. The number of carbonyl (C=O) groups excluding carboxylic acids is 1. The predicted octanol–water partition coefficient (Wildman–Crippen LogP) is 5.21. The second kappa shape index (κ2) is 9.33. The van der Waals surface area contributed by atoms with Crippen LogP contribution in [0.15, 0.2) is 42.5 Å². The smallest absolute Gasteiger partial charge is 0.369 e. The summed E-state index contributed by atoms with van der Waals surface area (Å²) in [6.45, 7) is 5.67. The molecule has 1 aromatic heterocycles. The lowest BCUT2D eigenvalue weighted by Gasteiger charge is -2.32. The summed E-state index contributed by atoms with van der Waals surface area (Å²) in [5.41, 5.74) is -4.10.